The number of aromatic nitrogens is 4. The molecule has 0 bridgehead atoms. The van der Waals surface area contributed by atoms with Gasteiger partial charge in [-0.3, -0.25) is 0 Å². The Hall–Kier alpha value is -2.44. The Morgan fingerprint density at radius 3 is 2.86 bits per heavy atom. The summed E-state index contributed by atoms with van der Waals surface area (Å²) >= 11 is 0. The van der Waals surface area contributed by atoms with Gasteiger partial charge in [0.15, 0.2) is 5.69 Å². The van der Waals surface area contributed by atoms with Crippen LogP contribution in [0.2, 0.25) is 0 Å². The molecule has 0 amide bonds. The molecule has 7 nitrogen and oxygen atoms in total. The summed E-state index contributed by atoms with van der Waals surface area (Å²) in [5, 5.41) is 8.87. The first-order chi connectivity index (χ1) is 10.1. The van der Waals surface area contributed by atoms with Crippen molar-refractivity contribution in [1.29, 1.82) is 0 Å². The number of imidazole rings is 1. The first-order valence-corrected chi connectivity index (χ1v) is 6.95. The Kier molecular flexibility index (Phi) is 3.55. The number of nitrogens with zero attached hydrogens (tertiary/aromatic N) is 5. The zero-order valence-corrected chi connectivity index (χ0v) is 11.8. The van der Waals surface area contributed by atoms with Crippen LogP contribution in [0.3, 0.4) is 0 Å². The second-order valence-electron chi connectivity index (χ2n) is 5.18. The van der Waals surface area contributed by atoms with Gasteiger partial charge < -0.3 is 14.6 Å². The van der Waals surface area contributed by atoms with Crippen molar-refractivity contribution in [3.63, 3.8) is 0 Å². The van der Waals surface area contributed by atoms with Crippen molar-refractivity contribution in [1.82, 2.24) is 19.5 Å². The quantitative estimate of drug-likeness (QED) is 0.913. The minimum Gasteiger partial charge on any atom is -0.476 e. The number of carbonyl (C=O) groups is 1. The summed E-state index contributed by atoms with van der Waals surface area (Å²) in [6.45, 7) is 3.76. The molecule has 1 saturated heterocycles. The van der Waals surface area contributed by atoms with E-state index in [-0.39, 0.29) is 5.69 Å². The number of rotatable bonds is 4. The normalized spacial score (nSPS) is 18.1. The van der Waals surface area contributed by atoms with Gasteiger partial charge in [-0.1, -0.05) is 0 Å². The number of carboxylic acids is 1. The average Bonchev–Trinajstić information content (AvgIpc) is 3.09. The lowest BCUT2D eigenvalue weighted by molar-refractivity contribution is 0.0690. The smallest absolute Gasteiger partial charge is 0.356 e. The highest BCUT2D eigenvalue weighted by atomic mass is 16.4. The van der Waals surface area contributed by atoms with Crippen molar-refractivity contribution in [3.05, 3.63) is 36.3 Å². The number of aromatic carboxylic acids is 1. The molecule has 2 aromatic rings. The summed E-state index contributed by atoms with van der Waals surface area (Å²) in [6.07, 6.45) is 8.82. The molecule has 7 heteroatoms. The van der Waals surface area contributed by atoms with Crippen molar-refractivity contribution in [2.45, 2.75) is 32.4 Å². The summed E-state index contributed by atoms with van der Waals surface area (Å²) in [4.78, 5) is 25.4. The van der Waals surface area contributed by atoms with Crippen molar-refractivity contribution in [3.8, 4) is 0 Å². The highest BCUT2D eigenvalue weighted by Gasteiger charge is 2.26. The first-order valence-electron chi connectivity index (χ1n) is 6.95. The highest BCUT2D eigenvalue weighted by Crippen LogP contribution is 2.24. The zero-order chi connectivity index (χ0) is 14.8. The number of anilines is 1. The molecule has 3 rings (SSSR count). The van der Waals surface area contributed by atoms with Gasteiger partial charge >= 0.3 is 5.97 Å². The van der Waals surface area contributed by atoms with E-state index < -0.39 is 5.97 Å². The molecule has 0 aliphatic carbocycles. The van der Waals surface area contributed by atoms with E-state index in [0.717, 1.165) is 37.6 Å². The molecule has 0 saturated carbocycles. The van der Waals surface area contributed by atoms with E-state index in [1.807, 2.05) is 13.1 Å². The van der Waals surface area contributed by atoms with Crippen molar-refractivity contribution < 1.29 is 9.90 Å². The zero-order valence-electron chi connectivity index (χ0n) is 11.8. The fourth-order valence-electron chi connectivity index (χ4n) is 2.73. The van der Waals surface area contributed by atoms with Crippen LogP contribution in [0.4, 0.5) is 5.82 Å². The summed E-state index contributed by atoms with van der Waals surface area (Å²) in [5.41, 5.74) is -0.0278. The molecule has 110 valence electrons. The van der Waals surface area contributed by atoms with Gasteiger partial charge in [0.1, 0.15) is 11.6 Å². The van der Waals surface area contributed by atoms with E-state index in [0.29, 0.717) is 6.04 Å². The molecule has 0 aromatic carbocycles. The van der Waals surface area contributed by atoms with Gasteiger partial charge in [-0.25, -0.2) is 19.7 Å². The van der Waals surface area contributed by atoms with Gasteiger partial charge in [-0.15, -0.1) is 0 Å². The second-order valence-corrected chi connectivity index (χ2v) is 5.18. The van der Waals surface area contributed by atoms with Crippen molar-refractivity contribution in [2.24, 2.45) is 0 Å². The summed E-state index contributed by atoms with van der Waals surface area (Å²) in [5.74, 6) is 0.676. The van der Waals surface area contributed by atoms with Gasteiger partial charge in [-0.2, -0.15) is 0 Å². The molecular formula is C14H17N5O2. The predicted molar refractivity (Wildman–Crippen MR) is 76.3 cm³/mol. The molecule has 1 aliphatic rings. The SMILES string of the molecule is Cc1nccn1CC1CCCN1c1cnc(C(=O)O)cn1. The number of aryl methyl sites for hydroxylation is 1. The van der Waals surface area contributed by atoms with Gasteiger partial charge in [-0.05, 0) is 19.8 Å². The fraction of sp³-hybridized carbons (Fsp3) is 0.429. The molecule has 1 fully saturated rings. The van der Waals surface area contributed by atoms with E-state index >= 15 is 0 Å². The van der Waals surface area contributed by atoms with Crippen molar-refractivity contribution in [2.75, 3.05) is 11.4 Å². The third-order valence-corrected chi connectivity index (χ3v) is 3.86. The molecule has 1 atom stereocenters. The van der Waals surface area contributed by atoms with Gasteiger partial charge in [0, 0.05) is 31.5 Å². The van der Waals surface area contributed by atoms with Gasteiger partial charge in [0.05, 0.1) is 12.4 Å². The third-order valence-electron chi connectivity index (χ3n) is 3.86. The molecule has 3 heterocycles. The summed E-state index contributed by atoms with van der Waals surface area (Å²) in [6, 6.07) is 0.336. The minimum atomic E-state index is -1.05. The Balaban J connectivity index is 1.77. The lowest BCUT2D eigenvalue weighted by Gasteiger charge is -2.26. The van der Waals surface area contributed by atoms with Gasteiger partial charge in [0.25, 0.3) is 0 Å². The largest absolute Gasteiger partial charge is 0.476 e. The molecule has 0 spiro atoms. The van der Waals surface area contributed by atoms with E-state index in [2.05, 4.69) is 24.4 Å². The van der Waals surface area contributed by atoms with Crippen LogP contribution >= 0.6 is 0 Å². The predicted octanol–water partition coefficient (Wildman–Crippen LogP) is 1.35. The standard InChI is InChI=1S/C14H17N5O2/c1-10-15-4-6-18(10)9-11-3-2-5-19(11)13-8-16-12(7-17-13)14(20)21/h4,6-8,11H,2-3,5,9H2,1H3,(H,20,21). The molecule has 1 N–H and O–H groups in total. The lowest BCUT2D eigenvalue weighted by atomic mass is 10.2. The van der Waals surface area contributed by atoms with Crippen LogP contribution in [0, 0.1) is 6.92 Å². The van der Waals surface area contributed by atoms with E-state index in [4.69, 9.17) is 5.11 Å². The first kappa shape index (κ1) is 13.5. The summed E-state index contributed by atoms with van der Waals surface area (Å²) in [7, 11) is 0. The second kappa shape index (κ2) is 5.51. The van der Waals surface area contributed by atoms with Crippen LogP contribution in [-0.4, -0.2) is 43.2 Å². The highest BCUT2D eigenvalue weighted by molar-refractivity contribution is 5.84. The summed E-state index contributed by atoms with van der Waals surface area (Å²) < 4.78 is 2.13. The Morgan fingerprint density at radius 2 is 2.24 bits per heavy atom. The maximum Gasteiger partial charge on any atom is 0.356 e. The number of hydrogen-bond acceptors (Lipinski definition) is 5. The lowest BCUT2D eigenvalue weighted by Crippen LogP contribution is -2.33. The molecule has 21 heavy (non-hydrogen) atoms. The Bertz CT molecular complexity index is 637. The number of hydrogen-bond donors (Lipinski definition) is 1. The monoisotopic (exact) mass is 287 g/mol. The van der Waals surface area contributed by atoms with Crippen LogP contribution in [0.5, 0.6) is 0 Å². The molecule has 0 radical (unpaired) electrons. The van der Waals surface area contributed by atoms with Gasteiger partial charge in [0.2, 0.25) is 0 Å². The average molecular weight is 287 g/mol. The van der Waals surface area contributed by atoms with Crippen LogP contribution in [0.1, 0.15) is 29.2 Å². The Morgan fingerprint density at radius 1 is 1.38 bits per heavy atom. The maximum atomic E-state index is 10.8. The van der Waals surface area contributed by atoms with E-state index in [1.165, 1.54) is 6.20 Å². The number of carboxylic acid groups (broad SMARTS) is 1. The van der Waals surface area contributed by atoms with Crippen LogP contribution in [0.25, 0.3) is 0 Å². The third kappa shape index (κ3) is 2.72. The Labute approximate surface area is 122 Å². The van der Waals surface area contributed by atoms with E-state index in [9.17, 15) is 4.79 Å². The maximum absolute atomic E-state index is 10.8. The van der Waals surface area contributed by atoms with Crippen LogP contribution in [-0.2, 0) is 6.54 Å². The van der Waals surface area contributed by atoms with E-state index in [1.54, 1.807) is 12.4 Å². The molecular weight excluding hydrogens is 270 g/mol. The minimum absolute atomic E-state index is 0.0278. The van der Waals surface area contributed by atoms with Crippen LogP contribution < -0.4 is 4.90 Å². The molecule has 1 aliphatic heterocycles. The van der Waals surface area contributed by atoms with Crippen LogP contribution in [0.15, 0.2) is 24.8 Å². The topological polar surface area (TPSA) is 84.1 Å². The molecule has 2 aromatic heterocycles. The van der Waals surface area contributed by atoms with Crippen molar-refractivity contribution >= 4 is 11.8 Å². The molecule has 1 unspecified atom stereocenters. The fourth-order valence-corrected chi connectivity index (χ4v) is 2.73.